The molecule has 1 amide bonds. The first-order chi connectivity index (χ1) is 16.1. The summed E-state index contributed by atoms with van der Waals surface area (Å²) >= 11 is 0. The Morgan fingerprint density at radius 3 is 2.65 bits per heavy atom. The number of alkyl halides is 3. The number of rotatable bonds is 5. The number of pyridine rings is 2. The lowest BCUT2D eigenvalue weighted by molar-refractivity contribution is -0.140. The molecule has 1 aromatic carbocycles. The van der Waals surface area contributed by atoms with Crippen LogP contribution in [0.15, 0.2) is 67.3 Å². The van der Waals surface area contributed by atoms with E-state index in [1.807, 2.05) is 30.5 Å². The van der Waals surface area contributed by atoms with Gasteiger partial charge in [0.25, 0.3) is 0 Å². The van der Waals surface area contributed by atoms with Crippen LogP contribution in [0.4, 0.5) is 17.6 Å². The lowest BCUT2D eigenvalue weighted by Crippen LogP contribution is -2.23. The fourth-order valence-corrected chi connectivity index (χ4v) is 3.55. The highest BCUT2D eigenvalue weighted by Gasteiger charge is 2.34. The van der Waals surface area contributed by atoms with E-state index >= 15 is 0 Å². The Labute approximate surface area is 192 Å². The van der Waals surface area contributed by atoms with E-state index in [4.69, 9.17) is 0 Å². The lowest BCUT2D eigenvalue weighted by Gasteiger charge is -2.15. The number of nitrogens with zero attached hydrogens (tertiary/aromatic N) is 3. The number of allylic oxidation sites excluding steroid dienone is 1. The van der Waals surface area contributed by atoms with Crippen LogP contribution in [0.1, 0.15) is 23.7 Å². The number of halogens is 4. The number of fused-ring (bicyclic) bond motifs is 1. The van der Waals surface area contributed by atoms with Gasteiger partial charge in [-0.3, -0.25) is 9.78 Å². The van der Waals surface area contributed by atoms with Crippen LogP contribution in [0.2, 0.25) is 0 Å². The second-order valence-corrected chi connectivity index (χ2v) is 7.87. The Morgan fingerprint density at radius 1 is 1.09 bits per heavy atom. The molecule has 0 aliphatic rings. The van der Waals surface area contributed by atoms with Crippen LogP contribution in [0, 0.1) is 5.82 Å². The summed E-state index contributed by atoms with van der Waals surface area (Å²) in [6.07, 6.45) is 1.65. The highest BCUT2D eigenvalue weighted by Crippen LogP contribution is 2.32. The smallest absolute Gasteiger partial charge is 0.346 e. The van der Waals surface area contributed by atoms with Gasteiger partial charge in [0.15, 0.2) is 0 Å². The highest BCUT2D eigenvalue weighted by atomic mass is 19.4. The number of aromatic nitrogens is 3. The predicted molar refractivity (Wildman–Crippen MR) is 121 cm³/mol. The number of hydrogen-bond acceptors (Lipinski definition) is 3. The molecule has 174 valence electrons. The van der Waals surface area contributed by atoms with Crippen molar-refractivity contribution in [3.05, 3.63) is 89.9 Å². The summed E-state index contributed by atoms with van der Waals surface area (Å²) in [7, 11) is 1.51. The van der Waals surface area contributed by atoms with Crippen molar-refractivity contribution < 1.29 is 22.4 Å². The molecule has 1 N–H and O–H groups in total. The summed E-state index contributed by atoms with van der Waals surface area (Å²) in [6.45, 7) is 1.78. The van der Waals surface area contributed by atoms with E-state index in [0.29, 0.717) is 17.3 Å². The van der Waals surface area contributed by atoms with Crippen LogP contribution in [0.3, 0.4) is 0 Å². The minimum atomic E-state index is -4.83. The number of H-pyrrole nitrogens is 1. The third-order valence-electron chi connectivity index (χ3n) is 5.37. The molecular weight excluding hydrogens is 448 g/mol. The van der Waals surface area contributed by atoms with Gasteiger partial charge in [-0.1, -0.05) is 6.07 Å². The van der Waals surface area contributed by atoms with Crippen molar-refractivity contribution in [2.24, 2.45) is 0 Å². The number of hydrogen-bond donors (Lipinski definition) is 1. The molecular formula is C25H20F4N4O. The molecule has 0 aliphatic carbocycles. The molecule has 0 unspecified atom stereocenters. The van der Waals surface area contributed by atoms with Gasteiger partial charge in [0.2, 0.25) is 5.91 Å². The Balaban J connectivity index is 1.52. The van der Waals surface area contributed by atoms with E-state index in [2.05, 4.69) is 15.0 Å². The zero-order valence-electron chi connectivity index (χ0n) is 18.3. The first-order valence-corrected chi connectivity index (χ1v) is 10.3. The number of nitrogens with one attached hydrogen (secondary N) is 1. The number of carbonyl (C=O) groups is 1. The number of carbonyl (C=O) groups excluding carboxylic acids is 1. The second-order valence-electron chi connectivity index (χ2n) is 7.87. The number of aromatic amines is 1. The third kappa shape index (κ3) is 4.98. The lowest BCUT2D eigenvalue weighted by atomic mass is 10.0. The monoisotopic (exact) mass is 468 g/mol. The molecule has 34 heavy (non-hydrogen) atoms. The van der Waals surface area contributed by atoms with Gasteiger partial charge in [0.1, 0.15) is 11.5 Å². The standard InChI is InChI=1S/C25H20F4N4O/c1-15(14-33(2)23(34)10-16-3-4-21(26)20(9-16)25(27,28)29)22-12-17(5-7-30-22)19-11-18-6-8-31-24(18)32-13-19/h3-9,11-14H,10H2,1-2H3,(H,31,32)/b15-14+. The largest absolute Gasteiger partial charge is 0.419 e. The van der Waals surface area contributed by atoms with Gasteiger partial charge in [0.05, 0.1) is 17.7 Å². The Hall–Kier alpha value is -4.01. The average molecular weight is 468 g/mol. The van der Waals surface area contributed by atoms with E-state index in [1.54, 1.807) is 25.5 Å². The minimum absolute atomic E-state index is 0.0735. The van der Waals surface area contributed by atoms with Crippen LogP contribution in [0.25, 0.3) is 27.7 Å². The van der Waals surface area contributed by atoms with Gasteiger partial charge in [-0.25, -0.2) is 9.37 Å². The third-order valence-corrected chi connectivity index (χ3v) is 5.37. The van der Waals surface area contributed by atoms with E-state index < -0.39 is 23.5 Å². The first kappa shape index (κ1) is 23.2. The van der Waals surface area contributed by atoms with E-state index in [-0.39, 0.29) is 12.0 Å². The van der Waals surface area contributed by atoms with Crippen molar-refractivity contribution in [3.63, 3.8) is 0 Å². The van der Waals surface area contributed by atoms with Crippen molar-refractivity contribution >= 4 is 22.5 Å². The highest BCUT2D eigenvalue weighted by molar-refractivity contribution is 5.83. The molecule has 3 heterocycles. The molecule has 4 aromatic rings. The summed E-state index contributed by atoms with van der Waals surface area (Å²) in [5.74, 6) is -1.82. The number of likely N-dealkylation sites (N-methyl/N-ethyl adjacent to an activating group) is 1. The molecule has 0 aliphatic heterocycles. The molecule has 0 atom stereocenters. The average Bonchev–Trinajstić information content (AvgIpc) is 3.27. The SMILES string of the molecule is C/C(=C\N(C)C(=O)Cc1ccc(F)c(C(F)(F)F)c1)c1cc(-c2cnc3[nH]ccc3c2)ccn1. The first-order valence-electron chi connectivity index (χ1n) is 10.3. The minimum Gasteiger partial charge on any atom is -0.346 e. The van der Waals surface area contributed by atoms with Crippen molar-refractivity contribution in [1.82, 2.24) is 19.9 Å². The number of benzene rings is 1. The van der Waals surface area contributed by atoms with Gasteiger partial charge in [0, 0.05) is 42.8 Å². The Bertz CT molecular complexity index is 1390. The van der Waals surface area contributed by atoms with Crippen molar-refractivity contribution in [1.29, 1.82) is 0 Å². The van der Waals surface area contributed by atoms with Gasteiger partial charge in [-0.15, -0.1) is 0 Å². The van der Waals surface area contributed by atoms with Crippen LogP contribution < -0.4 is 0 Å². The van der Waals surface area contributed by atoms with Gasteiger partial charge in [-0.2, -0.15) is 13.2 Å². The molecule has 5 nitrogen and oxygen atoms in total. The van der Waals surface area contributed by atoms with Crippen LogP contribution in [-0.4, -0.2) is 32.8 Å². The van der Waals surface area contributed by atoms with Gasteiger partial charge < -0.3 is 9.88 Å². The van der Waals surface area contributed by atoms with Crippen LogP contribution in [0.5, 0.6) is 0 Å². The fraction of sp³-hybridized carbons (Fsp3) is 0.160. The maximum atomic E-state index is 13.5. The fourth-order valence-electron chi connectivity index (χ4n) is 3.55. The maximum Gasteiger partial charge on any atom is 0.419 e. The predicted octanol–water partition coefficient (Wildman–Crippen LogP) is 5.84. The van der Waals surface area contributed by atoms with Gasteiger partial charge >= 0.3 is 6.18 Å². The van der Waals surface area contributed by atoms with Crippen LogP contribution in [-0.2, 0) is 17.4 Å². The van der Waals surface area contributed by atoms with Crippen molar-refractivity contribution in [3.8, 4) is 11.1 Å². The summed E-state index contributed by atoms with van der Waals surface area (Å²) in [5, 5.41) is 0.975. The molecule has 0 bridgehead atoms. The van der Waals surface area contributed by atoms with E-state index in [9.17, 15) is 22.4 Å². The molecule has 0 radical (unpaired) electrons. The summed E-state index contributed by atoms with van der Waals surface area (Å²) in [4.78, 5) is 25.7. The molecule has 3 aromatic heterocycles. The van der Waals surface area contributed by atoms with Crippen LogP contribution >= 0.6 is 0 Å². The van der Waals surface area contributed by atoms with Crippen molar-refractivity contribution in [2.75, 3.05) is 7.05 Å². The maximum absolute atomic E-state index is 13.5. The Kier molecular flexibility index (Phi) is 6.19. The quantitative estimate of drug-likeness (QED) is 0.374. The summed E-state index contributed by atoms with van der Waals surface area (Å²) < 4.78 is 52.3. The second kappa shape index (κ2) is 9.09. The van der Waals surface area contributed by atoms with Crippen molar-refractivity contribution in [2.45, 2.75) is 19.5 Å². The van der Waals surface area contributed by atoms with E-state index in [0.717, 1.165) is 28.2 Å². The zero-order chi connectivity index (χ0) is 24.5. The number of amides is 1. The van der Waals surface area contributed by atoms with Gasteiger partial charge in [-0.05, 0) is 60.0 Å². The molecule has 0 saturated carbocycles. The molecule has 0 saturated heterocycles. The molecule has 0 fully saturated rings. The van der Waals surface area contributed by atoms with E-state index in [1.165, 1.54) is 18.0 Å². The molecule has 9 heteroatoms. The summed E-state index contributed by atoms with van der Waals surface area (Å²) in [5.41, 5.74) is 2.59. The summed E-state index contributed by atoms with van der Waals surface area (Å²) in [6, 6.07) is 10.2. The topological polar surface area (TPSA) is 61.9 Å². The Morgan fingerprint density at radius 2 is 1.88 bits per heavy atom. The molecule has 0 spiro atoms. The zero-order valence-corrected chi connectivity index (χ0v) is 18.3. The molecule has 4 rings (SSSR count). The normalized spacial score (nSPS) is 12.2.